The number of ether oxygens (including phenoxy) is 1. The third-order valence-corrected chi connectivity index (χ3v) is 3.42. The van der Waals surface area contributed by atoms with Crippen LogP contribution in [-0.4, -0.2) is 11.5 Å². The first kappa shape index (κ1) is 17.6. The van der Waals surface area contributed by atoms with Crippen LogP contribution in [0.15, 0.2) is 18.2 Å². The zero-order valence-corrected chi connectivity index (χ0v) is 13.9. The highest BCUT2D eigenvalue weighted by atomic mass is 35.5. The molecular formula is C16H25ClN2O2. The summed E-state index contributed by atoms with van der Waals surface area (Å²) in [5.74, 6) is 1.24. The molecule has 1 aliphatic heterocycles. The van der Waals surface area contributed by atoms with Crippen LogP contribution in [-0.2, 0) is 4.79 Å². The number of anilines is 1. The number of nitrogens with two attached hydrogens (primary N) is 1. The molecule has 0 fully saturated rings. The number of nitrogen functional groups attached to an aromatic ring is 1. The summed E-state index contributed by atoms with van der Waals surface area (Å²) < 4.78 is 5.96. The number of carbonyl (C=O) groups is 1. The normalized spacial score (nSPS) is 19.2. The number of carbonyl (C=O) groups excluding carboxylic acids is 1. The van der Waals surface area contributed by atoms with Crippen LogP contribution in [0.1, 0.15) is 52.1 Å². The minimum absolute atomic E-state index is 0. The van der Waals surface area contributed by atoms with E-state index in [1.54, 1.807) is 0 Å². The fourth-order valence-corrected chi connectivity index (χ4v) is 2.63. The minimum Gasteiger partial charge on any atom is -0.487 e. The predicted molar refractivity (Wildman–Crippen MR) is 87.8 cm³/mol. The fraction of sp³-hybridized carbons (Fsp3) is 0.562. The fourth-order valence-electron chi connectivity index (χ4n) is 2.63. The molecule has 4 nitrogen and oxygen atoms in total. The van der Waals surface area contributed by atoms with Crippen molar-refractivity contribution >= 4 is 24.0 Å². The van der Waals surface area contributed by atoms with E-state index in [1.165, 1.54) is 0 Å². The molecule has 1 amide bonds. The Morgan fingerprint density at radius 1 is 1.48 bits per heavy atom. The highest BCUT2D eigenvalue weighted by molar-refractivity contribution is 5.85. The molecule has 1 heterocycles. The van der Waals surface area contributed by atoms with Crippen molar-refractivity contribution in [3.05, 3.63) is 23.8 Å². The molecule has 0 spiro atoms. The maximum Gasteiger partial charge on any atom is 0.220 e. The lowest BCUT2D eigenvalue weighted by atomic mass is 9.89. The topological polar surface area (TPSA) is 64.3 Å². The molecule has 0 aliphatic carbocycles. The summed E-state index contributed by atoms with van der Waals surface area (Å²) in [6, 6.07) is 5.56. The van der Waals surface area contributed by atoms with Crippen molar-refractivity contribution < 1.29 is 9.53 Å². The van der Waals surface area contributed by atoms with E-state index in [0.29, 0.717) is 18.0 Å². The summed E-state index contributed by atoms with van der Waals surface area (Å²) in [7, 11) is 0. The van der Waals surface area contributed by atoms with E-state index in [2.05, 4.69) is 5.32 Å². The lowest BCUT2D eigenvalue weighted by Gasteiger charge is -2.38. The average Bonchev–Trinajstić information content (AvgIpc) is 2.28. The molecule has 1 unspecified atom stereocenters. The van der Waals surface area contributed by atoms with Crippen molar-refractivity contribution in [1.29, 1.82) is 0 Å². The Hall–Kier alpha value is -1.42. The molecule has 0 saturated carbocycles. The summed E-state index contributed by atoms with van der Waals surface area (Å²) in [5, 5.41) is 3.11. The lowest BCUT2D eigenvalue weighted by molar-refractivity contribution is -0.123. The quantitative estimate of drug-likeness (QED) is 0.840. The number of halogens is 1. The number of rotatable bonds is 3. The Balaban J connectivity index is 0.00000220. The van der Waals surface area contributed by atoms with Gasteiger partial charge in [-0.2, -0.15) is 0 Å². The zero-order valence-electron chi connectivity index (χ0n) is 13.1. The van der Waals surface area contributed by atoms with Gasteiger partial charge >= 0.3 is 0 Å². The van der Waals surface area contributed by atoms with Crippen LogP contribution in [0.25, 0.3) is 0 Å². The Kier molecular flexibility index (Phi) is 5.51. The van der Waals surface area contributed by atoms with Gasteiger partial charge in [0.1, 0.15) is 11.4 Å². The average molecular weight is 313 g/mol. The van der Waals surface area contributed by atoms with Gasteiger partial charge in [-0.3, -0.25) is 4.79 Å². The molecule has 2 rings (SSSR count). The van der Waals surface area contributed by atoms with Crippen LogP contribution in [0.2, 0.25) is 0 Å². The zero-order chi connectivity index (χ0) is 14.9. The van der Waals surface area contributed by atoms with Crippen molar-refractivity contribution in [3.8, 4) is 5.75 Å². The van der Waals surface area contributed by atoms with Gasteiger partial charge in [0, 0.05) is 24.1 Å². The molecule has 0 bridgehead atoms. The highest BCUT2D eigenvalue weighted by Crippen LogP contribution is 2.40. The number of fused-ring (bicyclic) bond motifs is 1. The van der Waals surface area contributed by atoms with Crippen molar-refractivity contribution in [2.75, 3.05) is 5.73 Å². The predicted octanol–water partition coefficient (Wildman–Crippen LogP) is 3.46. The van der Waals surface area contributed by atoms with Gasteiger partial charge in [0.25, 0.3) is 0 Å². The molecule has 118 valence electrons. The molecule has 1 atom stereocenters. The van der Waals surface area contributed by atoms with Crippen LogP contribution < -0.4 is 15.8 Å². The molecule has 3 N–H and O–H groups in total. The van der Waals surface area contributed by atoms with Gasteiger partial charge in [-0.05, 0) is 38.0 Å². The van der Waals surface area contributed by atoms with E-state index in [0.717, 1.165) is 17.7 Å². The van der Waals surface area contributed by atoms with E-state index in [-0.39, 0.29) is 30.0 Å². The van der Waals surface area contributed by atoms with Gasteiger partial charge in [-0.15, -0.1) is 12.4 Å². The molecule has 0 aromatic heterocycles. The SMILES string of the molecule is CC(C)CC(=O)NC1CC(C)(C)Oc2ccc(N)cc21.Cl. The van der Waals surface area contributed by atoms with Crippen LogP contribution >= 0.6 is 12.4 Å². The maximum absolute atomic E-state index is 12.0. The molecule has 1 aliphatic rings. The highest BCUT2D eigenvalue weighted by Gasteiger charge is 2.34. The molecule has 1 aromatic rings. The van der Waals surface area contributed by atoms with Crippen LogP contribution in [0.4, 0.5) is 5.69 Å². The van der Waals surface area contributed by atoms with Gasteiger partial charge in [0.2, 0.25) is 5.91 Å². The first-order chi connectivity index (χ1) is 9.27. The largest absolute Gasteiger partial charge is 0.487 e. The lowest BCUT2D eigenvalue weighted by Crippen LogP contribution is -2.41. The van der Waals surface area contributed by atoms with Gasteiger partial charge in [-0.1, -0.05) is 13.8 Å². The smallest absolute Gasteiger partial charge is 0.220 e. The third kappa shape index (κ3) is 4.53. The molecule has 5 heteroatoms. The Labute approximate surface area is 132 Å². The van der Waals surface area contributed by atoms with E-state index in [4.69, 9.17) is 10.5 Å². The Morgan fingerprint density at radius 2 is 2.14 bits per heavy atom. The third-order valence-electron chi connectivity index (χ3n) is 3.42. The van der Waals surface area contributed by atoms with E-state index >= 15 is 0 Å². The second-order valence-electron chi connectivity index (χ2n) is 6.58. The van der Waals surface area contributed by atoms with Crippen molar-refractivity contribution in [2.24, 2.45) is 5.92 Å². The van der Waals surface area contributed by atoms with Gasteiger partial charge in [-0.25, -0.2) is 0 Å². The number of benzene rings is 1. The standard InChI is InChI=1S/C16H24N2O2.ClH/c1-10(2)7-15(19)18-13-9-16(3,4)20-14-6-5-11(17)8-12(13)14;/h5-6,8,10,13H,7,9,17H2,1-4H3,(H,18,19);1H. The van der Waals surface area contributed by atoms with Gasteiger partial charge in [0.05, 0.1) is 6.04 Å². The van der Waals surface area contributed by atoms with Crippen LogP contribution in [0.5, 0.6) is 5.75 Å². The van der Waals surface area contributed by atoms with E-state index < -0.39 is 0 Å². The summed E-state index contributed by atoms with van der Waals surface area (Å²) in [4.78, 5) is 12.0. The van der Waals surface area contributed by atoms with Crippen LogP contribution in [0.3, 0.4) is 0 Å². The summed E-state index contributed by atoms with van der Waals surface area (Å²) in [6.45, 7) is 8.15. The van der Waals surface area contributed by atoms with Crippen molar-refractivity contribution in [2.45, 2.75) is 52.2 Å². The second-order valence-corrected chi connectivity index (χ2v) is 6.58. The number of amides is 1. The molecular weight excluding hydrogens is 288 g/mol. The van der Waals surface area contributed by atoms with Gasteiger partial charge < -0.3 is 15.8 Å². The first-order valence-corrected chi connectivity index (χ1v) is 7.14. The van der Waals surface area contributed by atoms with Crippen LogP contribution in [0, 0.1) is 5.92 Å². The van der Waals surface area contributed by atoms with Crippen molar-refractivity contribution in [1.82, 2.24) is 5.32 Å². The summed E-state index contributed by atoms with van der Waals surface area (Å²) in [6.07, 6.45) is 1.28. The summed E-state index contributed by atoms with van der Waals surface area (Å²) >= 11 is 0. The molecule has 0 saturated heterocycles. The number of hydrogen-bond donors (Lipinski definition) is 2. The Bertz CT molecular complexity index is 515. The monoisotopic (exact) mass is 312 g/mol. The number of nitrogens with one attached hydrogen (secondary N) is 1. The maximum atomic E-state index is 12.0. The molecule has 1 aromatic carbocycles. The van der Waals surface area contributed by atoms with Gasteiger partial charge in [0.15, 0.2) is 0 Å². The first-order valence-electron chi connectivity index (χ1n) is 7.14. The van der Waals surface area contributed by atoms with E-state index in [1.807, 2.05) is 45.9 Å². The minimum atomic E-state index is -0.293. The molecule has 21 heavy (non-hydrogen) atoms. The second kappa shape index (κ2) is 6.56. The Morgan fingerprint density at radius 3 is 2.76 bits per heavy atom. The number of hydrogen-bond acceptors (Lipinski definition) is 3. The van der Waals surface area contributed by atoms with E-state index in [9.17, 15) is 4.79 Å². The summed E-state index contributed by atoms with van der Waals surface area (Å²) in [5.41, 5.74) is 7.23. The molecule has 0 radical (unpaired) electrons. The van der Waals surface area contributed by atoms with Crippen molar-refractivity contribution in [3.63, 3.8) is 0 Å².